The zero-order chi connectivity index (χ0) is 15.6. The summed E-state index contributed by atoms with van der Waals surface area (Å²) in [5.74, 6) is 0. The van der Waals surface area contributed by atoms with Crippen molar-refractivity contribution in [1.82, 2.24) is 0 Å². The maximum Gasteiger partial charge on any atom is 0.543 e. The molecule has 0 aliphatic heterocycles. The van der Waals surface area contributed by atoms with Gasteiger partial charge in [0.15, 0.2) is 0 Å². The molecule has 0 rings (SSSR count). The summed E-state index contributed by atoms with van der Waals surface area (Å²) in [5, 5.41) is 1.22. The molecule has 6 heteroatoms. The Hall–Kier alpha value is -0.720. The summed E-state index contributed by atoms with van der Waals surface area (Å²) in [6.07, 6.45) is 2.07. The Balaban J connectivity index is 4.04. The van der Waals surface area contributed by atoms with Gasteiger partial charge in [-0.1, -0.05) is 38.4 Å². The smallest absolute Gasteiger partial charge is 0.398 e. The highest BCUT2D eigenvalue weighted by molar-refractivity contribution is 7.79. The molecule has 0 saturated heterocycles. The Bertz CT molecular complexity index is 291. The number of carbonyl (C=O) groups excluding carboxylic acids is 1. The van der Waals surface area contributed by atoms with Crippen LogP contribution >= 0.6 is 12.2 Å². The number of rotatable bonds is 10. The van der Waals surface area contributed by atoms with E-state index in [1.165, 1.54) is 5.37 Å². The SMILES string of the molecule is CCCCCC(C)(C)OOC(=O)OC(C=S)OC(C)C. The highest BCUT2D eigenvalue weighted by atomic mass is 32.1. The van der Waals surface area contributed by atoms with Crippen molar-refractivity contribution in [3.05, 3.63) is 0 Å². The maximum absolute atomic E-state index is 11.5. The van der Waals surface area contributed by atoms with Crippen LogP contribution in [-0.2, 0) is 19.2 Å². The second kappa shape index (κ2) is 10.1. The largest absolute Gasteiger partial charge is 0.543 e. The summed E-state index contributed by atoms with van der Waals surface area (Å²) in [4.78, 5) is 21.2. The normalized spacial score (nSPS) is 13.1. The third-order valence-electron chi connectivity index (χ3n) is 2.45. The summed E-state index contributed by atoms with van der Waals surface area (Å²) in [7, 11) is 0. The van der Waals surface area contributed by atoms with Crippen LogP contribution in [-0.4, -0.2) is 29.5 Å². The number of ether oxygens (including phenoxy) is 2. The molecule has 0 N–H and O–H groups in total. The molecule has 20 heavy (non-hydrogen) atoms. The van der Waals surface area contributed by atoms with E-state index in [-0.39, 0.29) is 6.10 Å². The van der Waals surface area contributed by atoms with Crippen LogP contribution in [0.25, 0.3) is 0 Å². The molecule has 0 fully saturated rings. The van der Waals surface area contributed by atoms with Gasteiger partial charge in [0, 0.05) is 5.37 Å². The highest BCUT2D eigenvalue weighted by Gasteiger charge is 2.23. The summed E-state index contributed by atoms with van der Waals surface area (Å²) in [6, 6.07) is 0. The van der Waals surface area contributed by atoms with Crippen molar-refractivity contribution in [2.45, 2.75) is 78.3 Å². The zero-order valence-corrected chi connectivity index (χ0v) is 13.8. The Morgan fingerprint density at radius 2 is 1.95 bits per heavy atom. The van der Waals surface area contributed by atoms with E-state index in [2.05, 4.69) is 11.8 Å². The predicted octanol–water partition coefficient (Wildman–Crippen LogP) is 4.18. The van der Waals surface area contributed by atoms with Crippen LogP contribution in [0.2, 0.25) is 0 Å². The van der Waals surface area contributed by atoms with Crippen LogP contribution in [0.3, 0.4) is 0 Å². The molecule has 0 aromatic rings. The van der Waals surface area contributed by atoms with Crippen LogP contribution in [0.5, 0.6) is 0 Å². The second-order valence-corrected chi connectivity index (χ2v) is 5.71. The monoisotopic (exact) mass is 306 g/mol. The van der Waals surface area contributed by atoms with Gasteiger partial charge in [0.25, 0.3) is 0 Å². The molecule has 0 heterocycles. The van der Waals surface area contributed by atoms with Gasteiger partial charge in [-0.3, -0.25) is 4.89 Å². The molecule has 1 atom stereocenters. The molecule has 0 saturated carbocycles. The first-order valence-electron chi connectivity index (χ1n) is 6.97. The van der Waals surface area contributed by atoms with Gasteiger partial charge in [0.1, 0.15) is 5.60 Å². The van der Waals surface area contributed by atoms with E-state index in [1.54, 1.807) is 0 Å². The summed E-state index contributed by atoms with van der Waals surface area (Å²) < 4.78 is 10.1. The predicted molar refractivity (Wildman–Crippen MR) is 80.5 cm³/mol. The zero-order valence-electron chi connectivity index (χ0n) is 13.0. The minimum Gasteiger partial charge on any atom is -0.398 e. The Labute approximate surface area is 126 Å². The van der Waals surface area contributed by atoms with Crippen LogP contribution in [0.1, 0.15) is 60.3 Å². The summed E-state index contributed by atoms with van der Waals surface area (Å²) in [5.41, 5.74) is -0.541. The van der Waals surface area contributed by atoms with E-state index in [1.807, 2.05) is 27.7 Å². The Morgan fingerprint density at radius 1 is 1.30 bits per heavy atom. The van der Waals surface area contributed by atoms with Gasteiger partial charge < -0.3 is 9.47 Å². The highest BCUT2D eigenvalue weighted by Crippen LogP contribution is 2.19. The summed E-state index contributed by atoms with van der Waals surface area (Å²) in [6.45, 7) is 9.47. The van der Waals surface area contributed by atoms with Crippen molar-refractivity contribution in [2.24, 2.45) is 0 Å². The number of hydrogen-bond acceptors (Lipinski definition) is 6. The lowest BCUT2D eigenvalue weighted by molar-refractivity contribution is -0.323. The molecule has 0 spiro atoms. The van der Waals surface area contributed by atoms with Crippen molar-refractivity contribution >= 4 is 23.7 Å². The van der Waals surface area contributed by atoms with Crippen molar-refractivity contribution in [2.75, 3.05) is 0 Å². The van der Waals surface area contributed by atoms with Gasteiger partial charge in [-0.2, -0.15) is 4.89 Å². The number of hydrogen-bond donors (Lipinski definition) is 0. The Kier molecular flexibility index (Phi) is 9.71. The van der Waals surface area contributed by atoms with Gasteiger partial charge >= 0.3 is 6.16 Å². The first kappa shape index (κ1) is 19.3. The first-order valence-corrected chi connectivity index (χ1v) is 7.45. The van der Waals surface area contributed by atoms with Crippen molar-refractivity contribution in [3.63, 3.8) is 0 Å². The molecule has 0 aliphatic rings. The minimum atomic E-state index is -0.958. The van der Waals surface area contributed by atoms with Crippen molar-refractivity contribution < 1.29 is 24.0 Å². The van der Waals surface area contributed by atoms with Crippen molar-refractivity contribution in [1.29, 1.82) is 0 Å². The molecule has 0 aromatic heterocycles. The number of thiocarbonyl (C=S) groups is 1. The average Bonchev–Trinajstić information content (AvgIpc) is 2.35. The lowest BCUT2D eigenvalue weighted by atomic mass is 10.0. The molecule has 5 nitrogen and oxygen atoms in total. The van der Waals surface area contributed by atoms with E-state index >= 15 is 0 Å². The Morgan fingerprint density at radius 3 is 2.45 bits per heavy atom. The quantitative estimate of drug-likeness (QED) is 0.151. The molecule has 0 bridgehead atoms. The van der Waals surface area contributed by atoms with Gasteiger partial charge in [-0.15, -0.1) is 0 Å². The molecule has 0 aliphatic carbocycles. The van der Waals surface area contributed by atoms with E-state index in [0.29, 0.717) is 0 Å². The van der Waals surface area contributed by atoms with E-state index < -0.39 is 18.0 Å². The molecule has 0 amide bonds. The topological polar surface area (TPSA) is 54.0 Å². The third kappa shape index (κ3) is 10.1. The van der Waals surface area contributed by atoms with Crippen LogP contribution < -0.4 is 0 Å². The lowest BCUT2D eigenvalue weighted by Gasteiger charge is -2.23. The molecule has 0 aromatic carbocycles. The van der Waals surface area contributed by atoms with Crippen molar-refractivity contribution in [3.8, 4) is 0 Å². The number of unbranched alkanes of at least 4 members (excludes halogenated alkanes) is 2. The maximum atomic E-state index is 11.5. The van der Waals surface area contributed by atoms with Gasteiger partial charge in [-0.25, -0.2) is 4.79 Å². The van der Waals surface area contributed by atoms with Crippen LogP contribution in [0.4, 0.5) is 4.79 Å². The van der Waals surface area contributed by atoms with Gasteiger partial charge in [0.05, 0.1) is 6.10 Å². The van der Waals surface area contributed by atoms with Crippen LogP contribution in [0, 0.1) is 0 Å². The molecule has 0 radical (unpaired) electrons. The fourth-order valence-corrected chi connectivity index (χ4v) is 1.58. The minimum absolute atomic E-state index is 0.113. The van der Waals surface area contributed by atoms with Crippen LogP contribution in [0.15, 0.2) is 0 Å². The van der Waals surface area contributed by atoms with E-state index in [0.717, 1.165) is 25.7 Å². The van der Waals surface area contributed by atoms with E-state index in [4.69, 9.17) is 26.6 Å². The molecule has 1 unspecified atom stereocenters. The third-order valence-corrected chi connectivity index (χ3v) is 2.67. The molecule has 118 valence electrons. The molecular weight excluding hydrogens is 280 g/mol. The van der Waals surface area contributed by atoms with Gasteiger partial charge in [0.2, 0.25) is 6.29 Å². The second-order valence-electron chi connectivity index (χ2n) is 5.44. The summed E-state index contributed by atoms with van der Waals surface area (Å²) >= 11 is 4.71. The van der Waals surface area contributed by atoms with Gasteiger partial charge in [-0.05, 0) is 34.1 Å². The fraction of sp³-hybridized carbons (Fsp3) is 0.857. The number of carbonyl (C=O) groups is 1. The lowest BCUT2D eigenvalue weighted by Crippen LogP contribution is -2.30. The fourth-order valence-electron chi connectivity index (χ4n) is 1.46. The standard InChI is InChI=1S/C14H26O5S/c1-6-7-8-9-14(4,5)19-18-13(15)17-12(10-20)16-11(2)3/h10-12H,6-9H2,1-5H3. The first-order chi connectivity index (χ1) is 9.30. The average molecular weight is 306 g/mol. The van der Waals surface area contributed by atoms with E-state index in [9.17, 15) is 4.79 Å². The molecular formula is C14H26O5S.